The van der Waals surface area contributed by atoms with Crippen LogP contribution in [0.15, 0.2) is 66.7 Å². The summed E-state index contributed by atoms with van der Waals surface area (Å²) in [6.07, 6.45) is 4.08. The first-order chi connectivity index (χ1) is 18.0. The lowest BCUT2D eigenvalue weighted by Crippen LogP contribution is -2.46. The first-order valence-corrected chi connectivity index (χ1v) is 12.8. The van der Waals surface area contributed by atoms with Crippen LogP contribution in [-0.4, -0.2) is 38.2 Å². The van der Waals surface area contributed by atoms with Gasteiger partial charge in [-0.2, -0.15) is 0 Å². The SMILES string of the molecule is COc1ccc(C(C(=O)NC2CCCC2)N(C(=O)c2ccc3c(c2)OCCO3)c2ccc(C)cc2)cc1. The summed E-state index contributed by atoms with van der Waals surface area (Å²) >= 11 is 0. The summed E-state index contributed by atoms with van der Waals surface area (Å²) < 4.78 is 16.7. The second-order valence-corrected chi connectivity index (χ2v) is 9.53. The highest BCUT2D eigenvalue weighted by atomic mass is 16.6. The van der Waals surface area contributed by atoms with E-state index in [1.165, 1.54) is 0 Å². The Morgan fingerprint density at radius 1 is 0.919 bits per heavy atom. The fourth-order valence-electron chi connectivity index (χ4n) is 4.96. The number of carbonyl (C=O) groups is 2. The Morgan fingerprint density at radius 2 is 1.59 bits per heavy atom. The summed E-state index contributed by atoms with van der Waals surface area (Å²) in [6.45, 7) is 2.88. The number of rotatable bonds is 7. The number of hydrogen-bond donors (Lipinski definition) is 1. The molecule has 1 N–H and O–H groups in total. The maximum Gasteiger partial charge on any atom is 0.259 e. The molecule has 0 bridgehead atoms. The molecule has 3 aromatic rings. The van der Waals surface area contributed by atoms with Gasteiger partial charge in [-0.3, -0.25) is 14.5 Å². The van der Waals surface area contributed by atoms with Gasteiger partial charge < -0.3 is 19.5 Å². The van der Waals surface area contributed by atoms with Crippen molar-refractivity contribution in [2.24, 2.45) is 0 Å². The van der Waals surface area contributed by atoms with E-state index < -0.39 is 6.04 Å². The minimum Gasteiger partial charge on any atom is -0.497 e. The largest absolute Gasteiger partial charge is 0.497 e. The molecule has 1 heterocycles. The Morgan fingerprint density at radius 3 is 2.27 bits per heavy atom. The van der Waals surface area contributed by atoms with Gasteiger partial charge in [0.2, 0.25) is 5.91 Å². The predicted molar refractivity (Wildman–Crippen MR) is 142 cm³/mol. The fraction of sp³-hybridized carbons (Fsp3) is 0.333. The minimum absolute atomic E-state index is 0.109. The van der Waals surface area contributed by atoms with E-state index >= 15 is 0 Å². The number of anilines is 1. The number of fused-ring (bicyclic) bond motifs is 1. The second kappa shape index (κ2) is 10.9. The number of carbonyl (C=O) groups excluding carboxylic acids is 2. The lowest BCUT2D eigenvalue weighted by atomic mass is 10.0. The van der Waals surface area contributed by atoms with E-state index in [1.54, 1.807) is 30.2 Å². The maximum absolute atomic E-state index is 14.2. The zero-order valence-electron chi connectivity index (χ0n) is 21.2. The van der Waals surface area contributed by atoms with E-state index in [-0.39, 0.29) is 17.9 Å². The van der Waals surface area contributed by atoms with Gasteiger partial charge in [0.25, 0.3) is 5.91 Å². The number of amides is 2. The standard InChI is InChI=1S/C30H32N2O5/c1-20-7-12-24(13-8-20)32(30(34)22-11-16-26-27(19-22)37-18-17-36-26)28(21-9-14-25(35-2)15-10-21)29(33)31-23-5-3-4-6-23/h7-16,19,23,28H,3-6,17-18H2,1-2H3,(H,31,33). The van der Waals surface area contributed by atoms with Gasteiger partial charge in [-0.1, -0.05) is 42.7 Å². The fourth-order valence-corrected chi connectivity index (χ4v) is 4.96. The summed E-state index contributed by atoms with van der Waals surface area (Å²) in [5, 5.41) is 3.22. The van der Waals surface area contributed by atoms with E-state index in [0.29, 0.717) is 47.3 Å². The third-order valence-corrected chi connectivity index (χ3v) is 6.96. The molecule has 1 saturated carbocycles. The third kappa shape index (κ3) is 5.40. The highest BCUT2D eigenvalue weighted by Gasteiger charge is 2.35. The molecule has 7 heteroatoms. The monoisotopic (exact) mass is 500 g/mol. The molecule has 2 aliphatic rings. The molecule has 1 unspecified atom stereocenters. The van der Waals surface area contributed by atoms with Gasteiger partial charge in [0.05, 0.1) is 7.11 Å². The van der Waals surface area contributed by atoms with Crippen LogP contribution in [0.3, 0.4) is 0 Å². The molecular weight excluding hydrogens is 468 g/mol. The quantitative estimate of drug-likeness (QED) is 0.481. The lowest BCUT2D eigenvalue weighted by Gasteiger charge is -2.33. The topological polar surface area (TPSA) is 77.1 Å². The Kier molecular flexibility index (Phi) is 7.30. The zero-order chi connectivity index (χ0) is 25.8. The Labute approximate surface area is 217 Å². The van der Waals surface area contributed by atoms with Crippen LogP contribution in [0.4, 0.5) is 5.69 Å². The van der Waals surface area contributed by atoms with Crippen molar-refractivity contribution in [1.29, 1.82) is 0 Å². The normalized spacial score (nSPS) is 15.6. The highest BCUT2D eigenvalue weighted by molar-refractivity contribution is 6.10. The van der Waals surface area contributed by atoms with E-state index in [0.717, 1.165) is 31.2 Å². The van der Waals surface area contributed by atoms with Crippen molar-refractivity contribution in [2.45, 2.75) is 44.7 Å². The molecule has 5 rings (SSSR count). The molecule has 2 amide bonds. The van der Waals surface area contributed by atoms with Crippen molar-refractivity contribution in [3.05, 3.63) is 83.4 Å². The first-order valence-electron chi connectivity index (χ1n) is 12.8. The van der Waals surface area contributed by atoms with Gasteiger partial charge in [0.15, 0.2) is 11.5 Å². The number of nitrogens with one attached hydrogen (secondary N) is 1. The van der Waals surface area contributed by atoms with Crippen LogP contribution in [0, 0.1) is 6.92 Å². The lowest BCUT2D eigenvalue weighted by molar-refractivity contribution is -0.123. The summed E-state index contributed by atoms with van der Waals surface area (Å²) in [5.41, 5.74) is 2.81. The van der Waals surface area contributed by atoms with Crippen molar-refractivity contribution < 1.29 is 23.8 Å². The highest BCUT2D eigenvalue weighted by Crippen LogP contribution is 2.35. The first kappa shape index (κ1) is 24.7. The number of hydrogen-bond acceptors (Lipinski definition) is 5. The van der Waals surface area contributed by atoms with E-state index in [1.807, 2.05) is 55.5 Å². The summed E-state index contributed by atoms with van der Waals surface area (Å²) in [6, 6.07) is 19.3. The minimum atomic E-state index is -0.880. The molecule has 0 radical (unpaired) electrons. The van der Waals surface area contributed by atoms with E-state index in [9.17, 15) is 9.59 Å². The number of aryl methyl sites for hydroxylation is 1. The Balaban J connectivity index is 1.59. The average Bonchev–Trinajstić information content (AvgIpc) is 3.45. The van der Waals surface area contributed by atoms with Crippen molar-refractivity contribution in [2.75, 3.05) is 25.2 Å². The number of benzene rings is 3. The van der Waals surface area contributed by atoms with E-state index in [2.05, 4.69) is 5.32 Å². The van der Waals surface area contributed by atoms with Gasteiger partial charge in [-0.15, -0.1) is 0 Å². The molecule has 3 aromatic carbocycles. The van der Waals surface area contributed by atoms with Crippen molar-refractivity contribution in [3.63, 3.8) is 0 Å². The third-order valence-electron chi connectivity index (χ3n) is 6.96. The van der Waals surface area contributed by atoms with Gasteiger partial charge >= 0.3 is 0 Å². The maximum atomic E-state index is 14.2. The predicted octanol–water partition coefficient (Wildman–Crippen LogP) is 5.22. The smallest absolute Gasteiger partial charge is 0.259 e. The molecule has 1 aliphatic carbocycles. The average molecular weight is 501 g/mol. The Bertz CT molecular complexity index is 1250. The van der Waals surface area contributed by atoms with Gasteiger partial charge in [-0.05, 0) is 67.8 Å². The molecule has 0 saturated heterocycles. The van der Waals surface area contributed by atoms with Crippen LogP contribution in [0.1, 0.15) is 53.2 Å². The van der Waals surface area contributed by atoms with E-state index in [4.69, 9.17) is 14.2 Å². The van der Waals surface area contributed by atoms with Gasteiger partial charge in [-0.25, -0.2) is 0 Å². The summed E-state index contributed by atoms with van der Waals surface area (Å²) in [5.74, 6) is 1.30. The van der Waals surface area contributed by atoms with Crippen molar-refractivity contribution >= 4 is 17.5 Å². The number of ether oxygens (including phenoxy) is 3. The zero-order valence-corrected chi connectivity index (χ0v) is 21.2. The van der Waals surface area contributed by atoms with Gasteiger partial charge in [0.1, 0.15) is 25.0 Å². The van der Waals surface area contributed by atoms with Crippen LogP contribution < -0.4 is 24.4 Å². The molecule has 7 nitrogen and oxygen atoms in total. The molecule has 1 fully saturated rings. The molecule has 0 aromatic heterocycles. The van der Waals surface area contributed by atoms with Crippen LogP contribution in [0.5, 0.6) is 17.2 Å². The van der Waals surface area contributed by atoms with Crippen LogP contribution in [0.25, 0.3) is 0 Å². The van der Waals surface area contributed by atoms with Crippen LogP contribution in [-0.2, 0) is 4.79 Å². The summed E-state index contributed by atoms with van der Waals surface area (Å²) in [7, 11) is 1.60. The number of methoxy groups -OCH3 is 1. The molecule has 1 atom stereocenters. The molecule has 1 aliphatic heterocycles. The van der Waals surface area contributed by atoms with Crippen molar-refractivity contribution in [3.8, 4) is 17.2 Å². The van der Waals surface area contributed by atoms with Crippen LogP contribution >= 0.6 is 0 Å². The van der Waals surface area contributed by atoms with Crippen molar-refractivity contribution in [1.82, 2.24) is 5.32 Å². The molecule has 192 valence electrons. The number of nitrogens with zero attached hydrogens (tertiary/aromatic N) is 1. The molecular formula is C30H32N2O5. The molecule has 37 heavy (non-hydrogen) atoms. The second-order valence-electron chi connectivity index (χ2n) is 9.53. The van der Waals surface area contributed by atoms with Crippen LogP contribution in [0.2, 0.25) is 0 Å². The Hall–Kier alpha value is -4.00. The molecule has 0 spiro atoms. The van der Waals surface area contributed by atoms with Gasteiger partial charge in [0, 0.05) is 17.3 Å². The summed E-state index contributed by atoms with van der Waals surface area (Å²) in [4.78, 5) is 29.7.